The number of rotatable bonds is 14. The van der Waals surface area contributed by atoms with E-state index in [0.29, 0.717) is 32.1 Å². The molecule has 9 heteroatoms. The molecule has 67 heavy (non-hydrogen) atoms. The third-order valence-corrected chi connectivity index (χ3v) is 17.6. The van der Waals surface area contributed by atoms with Crippen molar-refractivity contribution in [3.8, 4) is 0 Å². The molecule has 4 aliphatic rings. The first kappa shape index (κ1) is 49.8. The van der Waals surface area contributed by atoms with Gasteiger partial charge in [0, 0.05) is 23.6 Å². The van der Waals surface area contributed by atoms with Crippen LogP contribution in [-0.4, -0.2) is 70.9 Å². The zero-order valence-electron chi connectivity index (χ0n) is 40.3. The highest BCUT2D eigenvalue weighted by Crippen LogP contribution is 2.73. The number of hydrogen-bond donors (Lipinski definition) is 3. The zero-order chi connectivity index (χ0) is 48.3. The van der Waals surface area contributed by atoms with Gasteiger partial charge < -0.3 is 29.5 Å². The van der Waals surface area contributed by atoms with Crippen LogP contribution in [0, 0.1) is 50.2 Å². The van der Waals surface area contributed by atoms with Gasteiger partial charge in [-0.1, -0.05) is 139 Å². The molecule has 9 nitrogen and oxygen atoms in total. The minimum absolute atomic E-state index is 0.0173. The molecule has 0 aliphatic heterocycles. The fourth-order valence-corrected chi connectivity index (χ4v) is 13.6. The standard InChI is InChI=1S/C58H72O9/c1-8-18-45-55(5)33-32-46(59)56(6,38-65-48(61)28-25-40-19-12-9-13-20-40)44(55)31-34-57(45,7)54(4)36-43-35-53(2,3)51(64)52(67-50(63)30-27-42-23-16-11-17-24-42)58(43,47(60)37-54)39-66-49(62)29-26-41-21-14-10-15-22-41/h8-17,19-30,43-47,51-52,59-60,64H,1,18,31-39H2,2-7H3/b28-25+,29-26+,30-27+/t43?,44?,45?,46-,47+,51-,52-,54-,55-,56+,57+,58-/m0/s1. The van der Waals surface area contributed by atoms with Crippen LogP contribution in [0.15, 0.2) is 122 Å². The maximum Gasteiger partial charge on any atom is 0.331 e. The molecule has 3 aromatic carbocycles. The highest BCUT2D eigenvalue weighted by atomic mass is 16.6. The molecule has 12 atom stereocenters. The van der Waals surface area contributed by atoms with Crippen LogP contribution in [0.2, 0.25) is 0 Å². The molecule has 0 aromatic heterocycles. The van der Waals surface area contributed by atoms with Crippen molar-refractivity contribution in [2.75, 3.05) is 13.2 Å². The Morgan fingerprint density at radius 3 is 1.67 bits per heavy atom. The lowest BCUT2D eigenvalue weighted by Crippen LogP contribution is -2.71. The SMILES string of the molecule is C=CCC1[C@@]2(C)CC[C@H](O)[C@](C)(COC(=O)/C=C/c3ccccc3)C2CC[C@@]1(C)[C@@]1(C)CC2CC(C)(C)[C@@H](O)[C@H](OC(=O)/C=C/c3ccccc3)[C@]2(COC(=O)/C=C/c2ccccc2)[C@H](O)C1. The van der Waals surface area contributed by atoms with Crippen molar-refractivity contribution in [3.05, 3.63) is 139 Å². The van der Waals surface area contributed by atoms with Gasteiger partial charge in [-0.05, 0) is 126 Å². The average molecular weight is 913 g/mol. The third kappa shape index (κ3) is 9.79. The number of aliphatic hydroxyl groups is 3. The Morgan fingerprint density at radius 1 is 0.642 bits per heavy atom. The molecule has 4 fully saturated rings. The maximum absolute atomic E-state index is 13.8. The number of carbonyl (C=O) groups excluding carboxylic acids is 3. The molecular weight excluding hydrogens is 841 g/mol. The van der Waals surface area contributed by atoms with Crippen molar-refractivity contribution in [2.24, 2.45) is 50.2 Å². The van der Waals surface area contributed by atoms with Gasteiger partial charge in [-0.2, -0.15) is 0 Å². The minimum Gasteiger partial charge on any atom is -0.462 e. The average Bonchev–Trinajstić information content (AvgIpc) is 3.31. The van der Waals surface area contributed by atoms with Gasteiger partial charge >= 0.3 is 17.9 Å². The molecule has 0 radical (unpaired) electrons. The fraction of sp³-hybridized carbons (Fsp3) is 0.500. The van der Waals surface area contributed by atoms with Gasteiger partial charge in [0.2, 0.25) is 0 Å². The number of benzene rings is 3. The summed E-state index contributed by atoms with van der Waals surface area (Å²) in [6.07, 6.45) is 12.1. The highest BCUT2D eigenvalue weighted by molar-refractivity contribution is 5.88. The lowest BCUT2D eigenvalue weighted by atomic mass is 9.35. The third-order valence-electron chi connectivity index (χ3n) is 17.6. The molecule has 0 bridgehead atoms. The molecule has 3 unspecified atom stereocenters. The number of esters is 3. The Labute approximate surface area is 398 Å². The van der Waals surface area contributed by atoms with Crippen LogP contribution in [0.4, 0.5) is 0 Å². The maximum atomic E-state index is 13.8. The lowest BCUT2D eigenvalue weighted by Gasteiger charge is -2.70. The quantitative estimate of drug-likeness (QED) is 0.0624. The van der Waals surface area contributed by atoms with Gasteiger partial charge in [-0.3, -0.25) is 0 Å². The Morgan fingerprint density at radius 2 is 1.15 bits per heavy atom. The summed E-state index contributed by atoms with van der Waals surface area (Å²) in [5.41, 5.74) is -1.40. The molecule has 0 spiro atoms. The number of carbonyl (C=O) groups is 3. The summed E-state index contributed by atoms with van der Waals surface area (Å²) in [6, 6.07) is 28.4. The van der Waals surface area contributed by atoms with E-state index in [0.717, 1.165) is 36.0 Å². The van der Waals surface area contributed by atoms with Crippen molar-refractivity contribution < 1.29 is 43.9 Å². The van der Waals surface area contributed by atoms with Gasteiger partial charge in [0.05, 0.1) is 30.3 Å². The molecule has 4 saturated carbocycles. The van der Waals surface area contributed by atoms with E-state index in [9.17, 15) is 29.7 Å². The minimum atomic E-state index is -1.33. The van der Waals surface area contributed by atoms with Crippen LogP contribution in [-0.2, 0) is 28.6 Å². The fourth-order valence-electron chi connectivity index (χ4n) is 13.6. The highest BCUT2D eigenvalue weighted by Gasteiger charge is 2.71. The second kappa shape index (κ2) is 19.9. The Balaban J connectivity index is 1.20. The Kier molecular flexibility index (Phi) is 14.8. The second-order valence-corrected chi connectivity index (χ2v) is 21.9. The number of ether oxygens (including phenoxy) is 3. The molecule has 4 aliphatic carbocycles. The first-order valence-electron chi connectivity index (χ1n) is 24.2. The predicted molar refractivity (Wildman–Crippen MR) is 262 cm³/mol. The van der Waals surface area contributed by atoms with Crippen LogP contribution in [0.5, 0.6) is 0 Å². The van der Waals surface area contributed by atoms with Crippen molar-refractivity contribution in [1.82, 2.24) is 0 Å². The molecule has 7 rings (SSSR count). The van der Waals surface area contributed by atoms with Crippen LogP contribution in [0.1, 0.15) is 110 Å². The Hall–Kier alpha value is -5.09. The summed E-state index contributed by atoms with van der Waals surface area (Å²) in [7, 11) is 0. The Bertz CT molecular complexity index is 2300. The van der Waals surface area contributed by atoms with E-state index in [-0.39, 0.29) is 41.8 Å². The predicted octanol–water partition coefficient (Wildman–Crippen LogP) is 10.5. The molecule has 358 valence electrons. The number of hydrogen-bond acceptors (Lipinski definition) is 9. The summed E-state index contributed by atoms with van der Waals surface area (Å²) in [4.78, 5) is 40.6. The van der Waals surface area contributed by atoms with Crippen LogP contribution >= 0.6 is 0 Å². The van der Waals surface area contributed by atoms with Crippen molar-refractivity contribution in [3.63, 3.8) is 0 Å². The molecule has 3 aromatic rings. The van der Waals surface area contributed by atoms with Gasteiger partial charge in [-0.25, -0.2) is 14.4 Å². The zero-order valence-corrected chi connectivity index (χ0v) is 40.3. The van der Waals surface area contributed by atoms with E-state index in [1.807, 2.05) is 111 Å². The van der Waals surface area contributed by atoms with E-state index in [1.54, 1.807) is 18.2 Å². The molecule has 0 amide bonds. The van der Waals surface area contributed by atoms with E-state index >= 15 is 0 Å². The summed E-state index contributed by atoms with van der Waals surface area (Å²) >= 11 is 0. The van der Waals surface area contributed by atoms with Crippen molar-refractivity contribution in [1.29, 1.82) is 0 Å². The number of fused-ring (bicyclic) bond motifs is 2. The van der Waals surface area contributed by atoms with Gasteiger partial charge in [-0.15, -0.1) is 6.58 Å². The molecular formula is C58H72O9. The molecule has 0 saturated heterocycles. The van der Waals surface area contributed by atoms with Crippen molar-refractivity contribution in [2.45, 2.75) is 117 Å². The summed E-state index contributed by atoms with van der Waals surface area (Å²) < 4.78 is 18.4. The van der Waals surface area contributed by atoms with Gasteiger partial charge in [0.1, 0.15) is 12.7 Å². The number of aliphatic hydroxyl groups excluding tert-OH is 3. The second-order valence-electron chi connectivity index (χ2n) is 21.9. The first-order chi connectivity index (χ1) is 31.8. The van der Waals surface area contributed by atoms with Crippen LogP contribution in [0.25, 0.3) is 18.2 Å². The largest absolute Gasteiger partial charge is 0.462 e. The van der Waals surface area contributed by atoms with Crippen LogP contribution in [0.3, 0.4) is 0 Å². The van der Waals surface area contributed by atoms with E-state index in [4.69, 9.17) is 14.2 Å². The summed E-state index contributed by atoms with van der Waals surface area (Å²) in [6.45, 7) is 17.1. The summed E-state index contributed by atoms with van der Waals surface area (Å²) in [5.74, 6) is -1.96. The smallest absolute Gasteiger partial charge is 0.331 e. The molecule has 0 heterocycles. The lowest BCUT2D eigenvalue weighted by molar-refractivity contribution is -0.279. The topological polar surface area (TPSA) is 140 Å². The van der Waals surface area contributed by atoms with E-state index in [2.05, 4.69) is 34.3 Å². The monoisotopic (exact) mass is 913 g/mol. The van der Waals surface area contributed by atoms with Crippen molar-refractivity contribution >= 4 is 36.1 Å². The summed E-state index contributed by atoms with van der Waals surface area (Å²) in [5, 5.41) is 37.1. The number of allylic oxidation sites excluding steroid dienone is 1. The molecule has 3 N–H and O–H groups in total. The normalized spacial score (nSPS) is 35.9. The van der Waals surface area contributed by atoms with Gasteiger partial charge in [0.15, 0.2) is 0 Å². The van der Waals surface area contributed by atoms with Gasteiger partial charge in [0.25, 0.3) is 0 Å². The van der Waals surface area contributed by atoms with E-state index in [1.165, 1.54) is 18.2 Å². The first-order valence-corrected chi connectivity index (χ1v) is 24.2. The van der Waals surface area contributed by atoms with E-state index < -0.39 is 64.0 Å². The van der Waals surface area contributed by atoms with Crippen LogP contribution < -0.4 is 0 Å².